The summed E-state index contributed by atoms with van der Waals surface area (Å²) in [6.07, 6.45) is 0. The molecule has 0 spiro atoms. The number of nitrogens with zero attached hydrogens (tertiary/aromatic N) is 3. The Morgan fingerprint density at radius 2 is 1.87 bits per heavy atom. The van der Waals surface area contributed by atoms with Crippen LogP contribution in [0.2, 0.25) is 0 Å². The number of hydrogen-bond donors (Lipinski definition) is 2. The average Bonchev–Trinajstić information content (AvgIpc) is 2.93. The van der Waals surface area contributed by atoms with Crippen molar-refractivity contribution in [3.05, 3.63) is 52.4 Å². The number of aryl methyl sites for hydroxylation is 1. The summed E-state index contributed by atoms with van der Waals surface area (Å²) in [5.74, 6) is 0.757. The molecule has 0 amide bonds. The monoisotopic (exact) mass is 309 g/mol. The highest BCUT2D eigenvalue weighted by molar-refractivity contribution is 5.80. The number of aromatic nitrogens is 3. The number of fused-ring (bicyclic) bond motifs is 1. The van der Waals surface area contributed by atoms with Gasteiger partial charge in [0.2, 0.25) is 0 Å². The summed E-state index contributed by atoms with van der Waals surface area (Å²) in [6, 6.07) is 11.7. The molecule has 23 heavy (non-hydrogen) atoms. The molecule has 1 aromatic carbocycles. The van der Waals surface area contributed by atoms with Crippen LogP contribution in [-0.4, -0.2) is 40.8 Å². The van der Waals surface area contributed by atoms with E-state index in [0.717, 1.165) is 48.8 Å². The molecule has 118 valence electrons. The lowest BCUT2D eigenvalue weighted by Gasteiger charge is -2.28. The van der Waals surface area contributed by atoms with Gasteiger partial charge in [-0.1, -0.05) is 30.3 Å². The van der Waals surface area contributed by atoms with Crippen molar-refractivity contribution in [2.45, 2.75) is 6.92 Å². The lowest BCUT2D eigenvalue weighted by Crippen LogP contribution is -2.44. The maximum Gasteiger partial charge on any atom is 0.274 e. The number of piperazine rings is 1. The molecule has 6 nitrogen and oxygen atoms in total. The van der Waals surface area contributed by atoms with Gasteiger partial charge in [-0.2, -0.15) is 0 Å². The number of nitrogens with one attached hydrogen (secondary N) is 2. The van der Waals surface area contributed by atoms with E-state index >= 15 is 0 Å². The van der Waals surface area contributed by atoms with Crippen LogP contribution in [-0.2, 0) is 0 Å². The van der Waals surface area contributed by atoms with Crippen molar-refractivity contribution in [2.24, 2.45) is 0 Å². The molecule has 1 fully saturated rings. The summed E-state index contributed by atoms with van der Waals surface area (Å²) < 4.78 is 1.53. The SMILES string of the molecule is Cc1[nH]n2c(=O)cc(N3CCNCC3)nc2c1-c1ccccc1. The van der Waals surface area contributed by atoms with Gasteiger partial charge in [0.15, 0.2) is 5.65 Å². The third kappa shape index (κ3) is 2.41. The standard InChI is InChI=1S/C17H19N5O/c1-12-16(13-5-3-2-4-6-13)17-19-14(11-15(23)22(17)20-12)21-9-7-18-8-10-21/h2-6,11,18,20H,7-10H2,1H3. The van der Waals surface area contributed by atoms with Crippen LogP contribution >= 0.6 is 0 Å². The zero-order chi connectivity index (χ0) is 15.8. The number of rotatable bonds is 2. The summed E-state index contributed by atoms with van der Waals surface area (Å²) in [5.41, 5.74) is 3.61. The molecule has 0 radical (unpaired) electrons. The Morgan fingerprint density at radius 1 is 1.13 bits per heavy atom. The molecule has 4 rings (SSSR count). The van der Waals surface area contributed by atoms with Crippen LogP contribution in [0.3, 0.4) is 0 Å². The van der Waals surface area contributed by atoms with Crippen molar-refractivity contribution >= 4 is 11.5 Å². The topological polar surface area (TPSA) is 65.4 Å². The molecular weight excluding hydrogens is 290 g/mol. The van der Waals surface area contributed by atoms with E-state index < -0.39 is 0 Å². The predicted molar refractivity (Wildman–Crippen MR) is 91.1 cm³/mol. The molecule has 6 heteroatoms. The zero-order valence-electron chi connectivity index (χ0n) is 13.0. The molecule has 0 atom stereocenters. The van der Waals surface area contributed by atoms with Crippen LogP contribution < -0.4 is 15.8 Å². The Balaban J connectivity index is 1.92. The fourth-order valence-corrected chi connectivity index (χ4v) is 3.14. The van der Waals surface area contributed by atoms with E-state index in [1.165, 1.54) is 4.52 Å². The number of H-pyrrole nitrogens is 1. The van der Waals surface area contributed by atoms with Crippen LogP contribution in [0.15, 0.2) is 41.2 Å². The average molecular weight is 309 g/mol. The summed E-state index contributed by atoms with van der Waals surface area (Å²) in [7, 11) is 0. The highest BCUT2D eigenvalue weighted by atomic mass is 16.1. The third-order valence-electron chi connectivity index (χ3n) is 4.29. The second-order valence-electron chi connectivity index (χ2n) is 5.83. The van der Waals surface area contributed by atoms with Crippen molar-refractivity contribution in [3.63, 3.8) is 0 Å². The lowest BCUT2D eigenvalue weighted by molar-refractivity contribution is 0.584. The molecule has 0 aliphatic carbocycles. The molecule has 1 aliphatic heterocycles. The summed E-state index contributed by atoms with van der Waals surface area (Å²) in [5, 5.41) is 6.45. The van der Waals surface area contributed by atoms with E-state index in [2.05, 4.69) is 15.3 Å². The molecule has 3 heterocycles. The second-order valence-corrected chi connectivity index (χ2v) is 5.83. The predicted octanol–water partition coefficient (Wildman–Crippen LogP) is 1.41. The summed E-state index contributed by atoms with van der Waals surface area (Å²) in [4.78, 5) is 19.4. The van der Waals surface area contributed by atoms with Crippen molar-refractivity contribution < 1.29 is 0 Å². The van der Waals surface area contributed by atoms with Gasteiger partial charge in [0.1, 0.15) is 5.82 Å². The molecular formula is C17H19N5O. The minimum atomic E-state index is -0.0752. The maximum absolute atomic E-state index is 12.5. The minimum absolute atomic E-state index is 0.0752. The summed E-state index contributed by atoms with van der Waals surface area (Å²) in [6.45, 7) is 5.54. The molecule has 2 N–H and O–H groups in total. The number of aromatic amines is 1. The Bertz CT molecular complexity index is 890. The first-order valence-corrected chi connectivity index (χ1v) is 7.87. The number of hydrogen-bond acceptors (Lipinski definition) is 4. The van der Waals surface area contributed by atoms with Crippen LogP contribution in [0.4, 0.5) is 5.82 Å². The molecule has 2 aromatic heterocycles. The van der Waals surface area contributed by atoms with E-state index in [1.807, 2.05) is 37.3 Å². The Morgan fingerprint density at radius 3 is 2.61 bits per heavy atom. The Kier molecular flexibility index (Phi) is 3.38. The first-order valence-electron chi connectivity index (χ1n) is 7.87. The van der Waals surface area contributed by atoms with Crippen molar-refractivity contribution in [1.82, 2.24) is 19.9 Å². The van der Waals surface area contributed by atoms with Crippen LogP contribution in [0.1, 0.15) is 5.69 Å². The third-order valence-corrected chi connectivity index (χ3v) is 4.29. The van der Waals surface area contributed by atoms with Crippen molar-refractivity contribution in [1.29, 1.82) is 0 Å². The van der Waals surface area contributed by atoms with Gasteiger partial charge in [0, 0.05) is 43.5 Å². The van der Waals surface area contributed by atoms with Crippen molar-refractivity contribution in [3.8, 4) is 11.1 Å². The first kappa shape index (κ1) is 14.0. The fourth-order valence-electron chi connectivity index (χ4n) is 3.14. The highest BCUT2D eigenvalue weighted by Gasteiger charge is 2.18. The smallest absolute Gasteiger partial charge is 0.274 e. The Hall–Kier alpha value is -2.60. The van der Waals surface area contributed by atoms with Gasteiger partial charge >= 0.3 is 0 Å². The van der Waals surface area contributed by atoms with Gasteiger partial charge in [0.25, 0.3) is 5.56 Å². The Labute approximate surface area is 133 Å². The van der Waals surface area contributed by atoms with Gasteiger partial charge < -0.3 is 10.2 Å². The quantitative estimate of drug-likeness (QED) is 0.751. The van der Waals surface area contributed by atoms with Gasteiger partial charge in [0.05, 0.1) is 0 Å². The van der Waals surface area contributed by atoms with Gasteiger partial charge in [-0.25, -0.2) is 9.50 Å². The van der Waals surface area contributed by atoms with Crippen LogP contribution in [0.25, 0.3) is 16.8 Å². The van der Waals surface area contributed by atoms with E-state index in [4.69, 9.17) is 4.98 Å². The van der Waals surface area contributed by atoms with E-state index in [-0.39, 0.29) is 5.56 Å². The van der Waals surface area contributed by atoms with Gasteiger partial charge in [-0.05, 0) is 12.5 Å². The number of benzene rings is 1. The summed E-state index contributed by atoms with van der Waals surface area (Å²) >= 11 is 0. The molecule has 0 bridgehead atoms. The molecule has 1 saturated heterocycles. The largest absolute Gasteiger partial charge is 0.354 e. The van der Waals surface area contributed by atoms with Gasteiger partial charge in [-0.15, -0.1) is 0 Å². The van der Waals surface area contributed by atoms with E-state index in [1.54, 1.807) is 6.07 Å². The van der Waals surface area contributed by atoms with Crippen LogP contribution in [0, 0.1) is 6.92 Å². The van der Waals surface area contributed by atoms with Gasteiger partial charge in [-0.3, -0.25) is 9.89 Å². The van der Waals surface area contributed by atoms with Crippen molar-refractivity contribution in [2.75, 3.05) is 31.1 Å². The number of anilines is 1. The molecule has 0 unspecified atom stereocenters. The molecule has 1 aliphatic rings. The van der Waals surface area contributed by atoms with E-state index in [9.17, 15) is 4.79 Å². The molecule has 0 saturated carbocycles. The second kappa shape index (κ2) is 5.55. The first-order chi connectivity index (χ1) is 11.2. The minimum Gasteiger partial charge on any atom is -0.354 e. The maximum atomic E-state index is 12.5. The molecule has 3 aromatic rings. The zero-order valence-corrected chi connectivity index (χ0v) is 13.0. The highest BCUT2D eigenvalue weighted by Crippen LogP contribution is 2.27. The van der Waals surface area contributed by atoms with E-state index in [0.29, 0.717) is 5.65 Å². The lowest BCUT2D eigenvalue weighted by atomic mass is 10.1. The van der Waals surface area contributed by atoms with Crippen LogP contribution in [0.5, 0.6) is 0 Å². The fraction of sp³-hybridized carbons (Fsp3) is 0.294. The normalized spacial score (nSPS) is 15.3.